The molecule has 0 aromatic rings. The fourth-order valence-electron chi connectivity index (χ4n) is 8.50. The van der Waals surface area contributed by atoms with Crippen LogP contribution in [0.15, 0.2) is 12.2 Å². The van der Waals surface area contributed by atoms with Crippen LogP contribution < -0.4 is 0 Å². The van der Waals surface area contributed by atoms with E-state index in [4.69, 9.17) is 0 Å². The van der Waals surface area contributed by atoms with Crippen LogP contribution in [0.2, 0.25) is 0 Å². The molecule has 0 aromatic carbocycles. The third kappa shape index (κ3) is 3.44. The predicted molar refractivity (Wildman–Crippen MR) is 120 cm³/mol. The lowest BCUT2D eigenvalue weighted by Crippen LogP contribution is -2.54. The van der Waals surface area contributed by atoms with E-state index in [0.29, 0.717) is 48.2 Å². The third-order valence-corrected chi connectivity index (χ3v) is 9.97. The number of aliphatic hydroxyl groups is 1. The number of carbonyl (C=O) groups excluding carboxylic acids is 2. The molecule has 0 spiro atoms. The number of hydrogen-bond donors (Lipinski definition) is 1. The second-order valence-corrected chi connectivity index (χ2v) is 12.3. The van der Waals surface area contributed by atoms with Crippen LogP contribution in [0.1, 0.15) is 92.4 Å². The van der Waals surface area contributed by atoms with E-state index in [0.717, 1.165) is 44.9 Å². The van der Waals surface area contributed by atoms with Gasteiger partial charge >= 0.3 is 0 Å². The molecule has 8 atom stereocenters. The monoisotopic (exact) mass is 414 g/mol. The van der Waals surface area contributed by atoms with Crippen LogP contribution >= 0.6 is 0 Å². The molecule has 3 fully saturated rings. The average molecular weight is 415 g/mol. The standard InChI is InChI=1S/C27H42O3/c1-17(2)7-6-12-27(5,30)24-23(29)16-22-20-9-8-18-15-19(28)10-13-25(18,3)21(20)11-14-26(22,24)4/h10,13,17-18,20-22,24,30H,6-9,11-12,14-16H2,1-5H3/t18?,20-,21+,22+,24+,25+,26+,27+/m1/s1. The maximum Gasteiger partial charge on any atom is 0.155 e. The highest BCUT2D eigenvalue weighted by atomic mass is 16.3. The van der Waals surface area contributed by atoms with Crippen molar-refractivity contribution in [3.8, 4) is 0 Å². The molecule has 3 heteroatoms. The number of hydrogen-bond acceptors (Lipinski definition) is 3. The van der Waals surface area contributed by atoms with Crippen LogP contribution in [0.5, 0.6) is 0 Å². The molecule has 0 heterocycles. The zero-order valence-electron chi connectivity index (χ0n) is 19.7. The molecule has 30 heavy (non-hydrogen) atoms. The normalized spacial score (nSPS) is 45.1. The number of rotatable bonds is 5. The second-order valence-electron chi connectivity index (χ2n) is 12.3. The van der Waals surface area contributed by atoms with E-state index in [1.54, 1.807) is 0 Å². The Morgan fingerprint density at radius 2 is 1.87 bits per heavy atom. The molecular weight excluding hydrogens is 372 g/mol. The van der Waals surface area contributed by atoms with Gasteiger partial charge in [0.1, 0.15) is 5.78 Å². The van der Waals surface area contributed by atoms with E-state index in [2.05, 4.69) is 33.8 Å². The van der Waals surface area contributed by atoms with Crippen LogP contribution in [0.4, 0.5) is 0 Å². The highest BCUT2D eigenvalue weighted by molar-refractivity contribution is 5.91. The molecule has 4 aliphatic carbocycles. The van der Waals surface area contributed by atoms with Gasteiger partial charge in [-0.2, -0.15) is 0 Å². The van der Waals surface area contributed by atoms with Gasteiger partial charge in [-0.25, -0.2) is 0 Å². The van der Waals surface area contributed by atoms with E-state index >= 15 is 0 Å². The summed E-state index contributed by atoms with van der Waals surface area (Å²) >= 11 is 0. The average Bonchev–Trinajstić information content (AvgIpc) is 2.92. The smallest absolute Gasteiger partial charge is 0.155 e. The maximum absolute atomic E-state index is 13.4. The topological polar surface area (TPSA) is 54.4 Å². The zero-order chi connectivity index (χ0) is 21.9. The fourth-order valence-corrected chi connectivity index (χ4v) is 8.50. The van der Waals surface area contributed by atoms with Crippen molar-refractivity contribution >= 4 is 11.6 Å². The van der Waals surface area contributed by atoms with Crippen LogP contribution in [0.3, 0.4) is 0 Å². The molecule has 0 amide bonds. The van der Waals surface area contributed by atoms with Gasteiger partial charge in [0.25, 0.3) is 0 Å². The summed E-state index contributed by atoms with van der Waals surface area (Å²) < 4.78 is 0. The summed E-state index contributed by atoms with van der Waals surface area (Å²) in [6.45, 7) is 11.1. The molecule has 0 aromatic heterocycles. The number of Topliss-reactive ketones (excluding diaryl/α,β-unsaturated/α-hetero) is 1. The molecule has 3 saturated carbocycles. The van der Waals surface area contributed by atoms with Gasteiger partial charge in [0.05, 0.1) is 11.5 Å². The van der Waals surface area contributed by atoms with Gasteiger partial charge in [-0.3, -0.25) is 9.59 Å². The van der Waals surface area contributed by atoms with Crippen molar-refractivity contribution in [1.29, 1.82) is 0 Å². The first-order valence-electron chi connectivity index (χ1n) is 12.5. The van der Waals surface area contributed by atoms with Crippen molar-refractivity contribution in [2.45, 2.75) is 98.0 Å². The molecule has 4 rings (SSSR count). The highest BCUT2D eigenvalue weighted by Gasteiger charge is 2.64. The van der Waals surface area contributed by atoms with Gasteiger partial charge in [0, 0.05) is 12.8 Å². The zero-order valence-corrected chi connectivity index (χ0v) is 19.7. The van der Waals surface area contributed by atoms with Crippen LogP contribution in [0, 0.1) is 46.3 Å². The quantitative estimate of drug-likeness (QED) is 0.623. The molecule has 0 radical (unpaired) electrons. The van der Waals surface area contributed by atoms with E-state index in [-0.39, 0.29) is 22.5 Å². The van der Waals surface area contributed by atoms with Crippen molar-refractivity contribution in [3.63, 3.8) is 0 Å². The minimum atomic E-state index is -0.902. The molecule has 0 bridgehead atoms. The van der Waals surface area contributed by atoms with Crippen molar-refractivity contribution in [2.75, 3.05) is 0 Å². The lowest BCUT2D eigenvalue weighted by molar-refractivity contribution is -0.142. The van der Waals surface area contributed by atoms with E-state index in [1.165, 1.54) is 0 Å². The van der Waals surface area contributed by atoms with Gasteiger partial charge in [0.15, 0.2) is 5.78 Å². The van der Waals surface area contributed by atoms with E-state index < -0.39 is 5.60 Å². The van der Waals surface area contributed by atoms with Gasteiger partial charge in [-0.1, -0.05) is 46.6 Å². The number of carbonyl (C=O) groups is 2. The molecule has 168 valence electrons. The third-order valence-electron chi connectivity index (χ3n) is 9.97. The summed E-state index contributed by atoms with van der Waals surface area (Å²) in [6, 6.07) is 0. The Hall–Kier alpha value is -0.960. The van der Waals surface area contributed by atoms with Crippen LogP contribution in [-0.2, 0) is 9.59 Å². The molecule has 1 unspecified atom stereocenters. The van der Waals surface area contributed by atoms with Crippen molar-refractivity contribution in [3.05, 3.63) is 12.2 Å². The molecule has 1 N–H and O–H groups in total. The van der Waals surface area contributed by atoms with Crippen LogP contribution in [0.25, 0.3) is 0 Å². The summed E-state index contributed by atoms with van der Waals surface area (Å²) in [5, 5.41) is 11.5. The summed E-state index contributed by atoms with van der Waals surface area (Å²) in [6.07, 6.45) is 12.6. The largest absolute Gasteiger partial charge is 0.389 e. The fraction of sp³-hybridized carbons (Fsp3) is 0.852. The van der Waals surface area contributed by atoms with Crippen LogP contribution in [-0.4, -0.2) is 22.3 Å². The molecule has 3 nitrogen and oxygen atoms in total. The predicted octanol–water partition coefficient (Wildman–Crippen LogP) is 5.75. The first-order valence-corrected chi connectivity index (χ1v) is 12.5. The Labute approximate surface area is 183 Å². The van der Waals surface area contributed by atoms with Crippen molar-refractivity contribution in [2.24, 2.45) is 46.3 Å². The summed E-state index contributed by atoms with van der Waals surface area (Å²) in [7, 11) is 0. The Kier molecular flexibility index (Phi) is 5.61. The summed E-state index contributed by atoms with van der Waals surface area (Å²) in [4.78, 5) is 25.4. The number of ketones is 2. The lowest BCUT2D eigenvalue weighted by Gasteiger charge is -2.59. The van der Waals surface area contributed by atoms with Gasteiger partial charge in [-0.05, 0) is 85.5 Å². The van der Waals surface area contributed by atoms with E-state index in [1.807, 2.05) is 13.0 Å². The lowest BCUT2D eigenvalue weighted by atomic mass is 9.45. The molecular formula is C27H42O3. The van der Waals surface area contributed by atoms with Gasteiger partial charge in [0.2, 0.25) is 0 Å². The van der Waals surface area contributed by atoms with Crippen molar-refractivity contribution in [1.82, 2.24) is 0 Å². The summed E-state index contributed by atoms with van der Waals surface area (Å²) in [5.41, 5.74) is -0.892. The minimum absolute atomic E-state index is 0.0863. The Bertz CT molecular complexity index is 734. The maximum atomic E-state index is 13.4. The number of allylic oxidation sites excluding steroid dienone is 2. The minimum Gasteiger partial charge on any atom is -0.389 e. The van der Waals surface area contributed by atoms with Gasteiger partial charge < -0.3 is 5.11 Å². The SMILES string of the molecule is CC(C)CCC[C@](C)(O)[C@H]1C(=O)C[C@H]2[C@@H]3CCC4CC(=O)C=C[C@]4(C)[C@H]3CC[C@@]21C. The molecule has 0 aliphatic heterocycles. The number of fused-ring (bicyclic) bond motifs is 5. The van der Waals surface area contributed by atoms with Gasteiger partial charge in [-0.15, -0.1) is 0 Å². The Balaban J connectivity index is 1.58. The first-order chi connectivity index (χ1) is 14.0. The first kappa shape index (κ1) is 22.2. The highest BCUT2D eigenvalue weighted by Crippen LogP contribution is 2.67. The van der Waals surface area contributed by atoms with Crippen molar-refractivity contribution < 1.29 is 14.7 Å². The molecule has 0 saturated heterocycles. The summed E-state index contributed by atoms with van der Waals surface area (Å²) in [5.74, 6) is 2.95. The second kappa shape index (κ2) is 7.57. The Morgan fingerprint density at radius 3 is 2.57 bits per heavy atom. The Morgan fingerprint density at radius 1 is 1.13 bits per heavy atom. The van der Waals surface area contributed by atoms with E-state index in [9.17, 15) is 14.7 Å². The molecule has 4 aliphatic rings.